The Balaban J connectivity index is 1.89. The molecule has 23 heavy (non-hydrogen) atoms. The Bertz CT molecular complexity index is 697. The second kappa shape index (κ2) is 6.45. The van der Waals surface area contributed by atoms with E-state index >= 15 is 0 Å². The monoisotopic (exact) mass is 315 g/mol. The van der Waals surface area contributed by atoms with Crippen molar-refractivity contribution in [2.24, 2.45) is 5.92 Å². The number of ether oxygens (including phenoxy) is 1. The first-order valence-electron chi connectivity index (χ1n) is 7.87. The minimum atomic E-state index is -0.399. The summed E-state index contributed by atoms with van der Waals surface area (Å²) in [6.07, 6.45) is 0.509. The Labute approximate surface area is 135 Å². The van der Waals surface area contributed by atoms with Crippen molar-refractivity contribution in [1.29, 1.82) is 0 Å². The van der Waals surface area contributed by atoms with Crippen LogP contribution < -0.4 is 5.32 Å². The average molecular weight is 315 g/mol. The first-order chi connectivity index (χ1) is 11.1. The van der Waals surface area contributed by atoms with Crippen LogP contribution in [0.4, 0.5) is 5.69 Å². The molecule has 1 amide bonds. The Morgan fingerprint density at radius 2 is 2.17 bits per heavy atom. The molecule has 2 heterocycles. The predicted molar refractivity (Wildman–Crippen MR) is 85.8 cm³/mol. The normalized spacial score (nSPS) is 20.9. The van der Waals surface area contributed by atoms with E-state index in [9.17, 15) is 4.79 Å². The summed E-state index contributed by atoms with van der Waals surface area (Å²) < 4.78 is 7.27. The van der Waals surface area contributed by atoms with Gasteiger partial charge in [-0.3, -0.25) is 4.79 Å². The van der Waals surface area contributed by atoms with Gasteiger partial charge in [0.15, 0.2) is 5.82 Å². The maximum Gasteiger partial charge on any atom is 0.253 e. The highest BCUT2D eigenvalue weighted by Crippen LogP contribution is 2.28. The van der Waals surface area contributed by atoms with E-state index in [1.54, 1.807) is 4.68 Å². The minimum absolute atomic E-state index is 0.119. The van der Waals surface area contributed by atoms with Gasteiger partial charge in [0.2, 0.25) is 0 Å². The summed E-state index contributed by atoms with van der Waals surface area (Å²) in [6.45, 7) is 6.68. The fourth-order valence-corrected chi connectivity index (χ4v) is 2.74. The number of amides is 1. The number of hydrogen-bond donors (Lipinski definition) is 1. The van der Waals surface area contributed by atoms with Crippen LogP contribution in [-0.4, -0.2) is 38.8 Å². The zero-order valence-electron chi connectivity index (χ0n) is 13.6. The molecule has 122 valence electrons. The van der Waals surface area contributed by atoms with Gasteiger partial charge in [0.1, 0.15) is 6.10 Å². The van der Waals surface area contributed by atoms with Crippen LogP contribution >= 0.6 is 0 Å². The SMILES string of the molecule is CC(C)n1nnnc1-c1ccccc1NC(=O)[C@@H]1OCC[C@@H]1C. The molecule has 0 radical (unpaired) electrons. The Kier molecular flexibility index (Phi) is 4.38. The molecule has 1 fully saturated rings. The first kappa shape index (κ1) is 15.6. The lowest BCUT2D eigenvalue weighted by molar-refractivity contribution is -0.126. The molecule has 1 aliphatic rings. The molecular weight excluding hydrogens is 294 g/mol. The largest absolute Gasteiger partial charge is 0.368 e. The average Bonchev–Trinajstić information content (AvgIpc) is 3.16. The Morgan fingerprint density at radius 3 is 2.87 bits per heavy atom. The van der Waals surface area contributed by atoms with Crippen LogP contribution in [0.25, 0.3) is 11.4 Å². The summed E-state index contributed by atoms with van der Waals surface area (Å²) in [5.41, 5.74) is 1.49. The van der Waals surface area contributed by atoms with E-state index in [0.29, 0.717) is 18.1 Å². The molecular formula is C16H21N5O2. The molecule has 1 N–H and O–H groups in total. The van der Waals surface area contributed by atoms with Crippen molar-refractivity contribution in [3.05, 3.63) is 24.3 Å². The first-order valence-corrected chi connectivity index (χ1v) is 7.87. The summed E-state index contributed by atoms with van der Waals surface area (Å²) in [7, 11) is 0. The molecule has 1 aliphatic heterocycles. The standard InChI is InChI=1S/C16H21N5O2/c1-10(2)21-15(18-19-20-21)12-6-4-5-7-13(12)17-16(22)14-11(3)8-9-23-14/h4-7,10-11,14H,8-9H2,1-3H3,(H,17,22)/t11-,14+/m0/s1. The highest BCUT2D eigenvalue weighted by Gasteiger charge is 2.31. The van der Waals surface area contributed by atoms with Gasteiger partial charge in [0.25, 0.3) is 5.91 Å². The minimum Gasteiger partial charge on any atom is -0.368 e. The number of anilines is 1. The van der Waals surface area contributed by atoms with Gasteiger partial charge >= 0.3 is 0 Å². The molecule has 0 spiro atoms. The van der Waals surface area contributed by atoms with E-state index in [1.165, 1.54) is 0 Å². The van der Waals surface area contributed by atoms with Crippen molar-refractivity contribution in [2.75, 3.05) is 11.9 Å². The van der Waals surface area contributed by atoms with E-state index in [-0.39, 0.29) is 17.9 Å². The predicted octanol–water partition coefficient (Wildman–Crippen LogP) is 2.28. The van der Waals surface area contributed by atoms with E-state index in [4.69, 9.17) is 4.74 Å². The third-order valence-corrected chi connectivity index (χ3v) is 4.05. The number of carbonyl (C=O) groups is 1. The van der Waals surface area contributed by atoms with Gasteiger partial charge in [-0.1, -0.05) is 19.1 Å². The Morgan fingerprint density at radius 1 is 1.39 bits per heavy atom. The number of hydrogen-bond acceptors (Lipinski definition) is 5. The lowest BCUT2D eigenvalue weighted by Crippen LogP contribution is -2.31. The fraction of sp³-hybridized carbons (Fsp3) is 0.500. The van der Waals surface area contributed by atoms with Crippen molar-refractivity contribution in [3.8, 4) is 11.4 Å². The summed E-state index contributed by atoms with van der Waals surface area (Å²) in [6, 6.07) is 7.66. The number of rotatable bonds is 4. The van der Waals surface area contributed by atoms with Crippen molar-refractivity contribution < 1.29 is 9.53 Å². The van der Waals surface area contributed by atoms with Crippen LogP contribution in [0, 0.1) is 5.92 Å². The summed E-state index contributed by atoms with van der Waals surface area (Å²) >= 11 is 0. The Hall–Kier alpha value is -2.28. The number of benzene rings is 1. The molecule has 1 aromatic heterocycles. The molecule has 0 aliphatic carbocycles. The molecule has 3 rings (SSSR count). The van der Waals surface area contributed by atoms with Gasteiger partial charge < -0.3 is 10.1 Å². The van der Waals surface area contributed by atoms with Crippen molar-refractivity contribution in [1.82, 2.24) is 20.2 Å². The van der Waals surface area contributed by atoms with Crippen LogP contribution in [0.1, 0.15) is 33.2 Å². The summed E-state index contributed by atoms with van der Waals surface area (Å²) in [5.74, 6) is 0.741. The van der Waals surface area contributed by atoms with Gasteiger partial charge in [-0.05, 0) is 48.7 Å². The third-order valence-electron chi connectivity index (χ3n) is 4.05. The van der Waals surface area contributed by atoms with Crippen LogP contribution in [0.2, 0.25) is 0 Å². The second-order valence-corrected chi connectivity index (χ2v) is 6.13. The maximum absolute atomic E-state index is 12.5. The number of carbonyl (C=O) groups excluding carboxylic acids is 1. The molecule has 0 bridgehead atoms. The molecule has 7 nitrogen and oxygen atoms in total. The highest BCUT2D eigenvalue weighted by molar-refractivity contribution is 5.97. The molecule has 0 unspecified atom stereocenters. The smallest absolute Gasteiger partial charge is 0.253 e. The zero-order chi connectivity index (χ0) is 16.4. The second-order valence-electron chi connectivity index (χ2n) is 6.13. The molecule has 7 heteroatoms. The van der Waals surface area contributed by atoms with Crippen LogP contribution in [0.5, 0.6) is 0 Å². The van der Waals surface area contributed by atoms with E-state index < -0.39 is 6.10 Å². The van der Waals surface area contributed by atoms with Crippen LogP contribution in [0.15, 0.2) is 24.3 Å². The molecule has 2 aromatic rings. The van der Waals surface area contributed by atoms with Gasteiger partial charge in [-0.25, -0.2) is 4.68 Å². The quantitative estimate of drug-likeness (QED) is 0.936. The zero-order valence-corrected chi connectivity index (χ0v) is 13.6. The van der Waals surface area contributed by atoms with Crippen LogP contribution in [0.3, 0.4) is 0 Å². The summed E-state index contributed by atoms with van der Waals surface area (Å²) in [4.78, 5) is 12.5. The number of para-hydroxylation sites is 1. The molecule has 1 saturated heterocycles. The number of tetrazole rings is 1. The number of nitrogens with zero attached hydrogens (tertiary/aromatic N) is 4. The lowest BCUT2D eigenvalue weighted by atomic mass is 10.0. The van der Waals surface area contributed by atoms with E-state index in [1.807, 2.05) is 45.0 Å². The van der Waals surface area contributed by atoms with Crippen LogP contribution in [-0.2, 0) is 9.53 Å². The topological polar surface area (TPSA) is 81.9 Å². The van der Waals surface area contributed by atoms with E-state index in [0.717, 1.165) is 12.0 Å². The maximum atomic E-state index is 12.5. The fourth-order valence-electron chi connectivity index (χ4n) is 2.74. The number of nitrogens with one attached hydrogen (secondary N) is 1. The van der Waals surface area contributed by atoms with Crippen molar-refractivity contribution >= 4 is 11.6 Å². The molecule has 1 aromatic carbocycles. The lowest BCUT2D eigenvalue weighted by Gasteiger charge is -2.17. The molecule has 0 saturated carbocycles. The molecule has 2 atom stereocenters. The van der Waals surface area contributed by atoms with Gasteiger partial charge in [-0.2, -0.15) is 0 Å². The van der Waals surface area contributed by atoms with Crippen molar-refractivity contribution in [3.63, 3.8) is 0 Å². The van der Waals surface area contributed by atoms with Gasteiger partial charge in [0.05, 0.1) is 11.7 Å². The van der Waals surface area contributed by atoms with E-state index in [2.05, 4.69) is 20.8 Å². The third kappa shape index (κ3) is 3.10. The summed E-state index contributed by atoms with van der Waals surface area (Å²) in [5, 5.41) is 14.8. The highest BCUT2D eigenvalue weighted by atomic mass is 16.5. The van der Waals surface area contributed by atoms with Crippen molar-refractivity contribution in [2.45, 2.75) is 39.3 Å². The van der Waals surface area contributed by atoms with Gasteiger partial charge in [0, 0.05) is 12.2 Å². The number of aromatic nitrogens is 4. The van der Waals surface area contributed by atoms with Gasteiger partial charge in [-0.15, -0.1) is 5.10 Å².